The maximum absolute atomic E-state index is 13.0. The van der Waals surface area contributed by atoms with E-state index in [1.54, 1.807) is 36.4 Å². The molecule has 2 aromatic rings. The molecule has 3 rings (SSSR count). The smallest absolute Gasteiger partial charge is 0.218 e. The van der Waals surface area contributed by atoms with E-state index >= 15 is 0 Å². The summed E-state index contributed by atoms with van der Waals surface area (Å²) >= 11 is 0. The fourth-order valence-electron chi connectivity index (χ4n) is 3.11. The lowest BCUT2D eigenvalue weighted by Gasteiger charge is -2.27. The number of carbonyl (C=O) groups is 3. The van der Waals surface area contributed by atoms with Crippen LogP contribution in [0.2, 0.25) is 0 Å². The fraction of sp³-hybridized carbons (Fsp3) is 0.250. The third kappa shape index (κ3) is 2.26. The number of fused-ring (bicyclic) bond motifs is 1. The topological polar surface area (TPSA) is 63.2 Å². The van der Waals surface area contributed by atoms with Crippen molar-refractivity contribution in [3.05, 3.63) is 70.8 Å². The van der Waals surface area contributed by atoms with E-state index in [9.17, 15) is 14.4 Å². The molecule has 1 radical (unpaired) electrons. The number of nitrogens with one attached hydrogen (secondary N) is 1. The first-order chi connectivity index (χ1) is 11.4. The zero-order valence-electron chi connectivity index (χ0n) is 13.8. The molecule has 1 N–H and O–H groups in total. The lowest BCUT2D eigenvalue weighted by molar-refractivity contribution is -0.120. The molecule has 1 aliphatic carbocycles. The van der Waals surface area contributed by atoms with Crippen molar-refractivity contribution in [2.24, 2.45) is 0 Å². The molecule has 4 nitrogen and oxygen atoms in total. The van der Waals surface area contributed by atoms with Gasteiger partial charge in [0.15, 0.2) is 5.54 Å². The van der Waals surface area contributed by atoms with Crippen molar-refractivity contribution in [1.82, 2.24) is 5.32 Å². The van der Waals surface area contributed by atoms with Crippen LogP contribution in [-0.4, -0.2) is 17.5 Å². The number of benzene rings is 2. The Balaban J connectivity index is 2.19. The predicted octanol–water partition coefficient (Wildman–Crippen LogP) is 3.02. The second kappa shape index (κ2) is 5.71. The summed E-state index contributed by atoms with van der Waals surface area (Å²) in [6.45, 7) is 5.40. The van der Waals surface area contributed by atoms with E-state index in [1.165, 1.54) is 6.92 Å². The summed E-state index contributed by atoms with van der Waals surface area (Å²) in [7, 11) is 0. The van der Waals surface area contributed by atoms with Gasteiger partial charge in [0.2, 0.25) is 17.5 Å². The Bertz CT molecular complexity index is 799. The monoisotopic (exact) mass is 320 g/mol. The first kappa shape index (κ1) is 16.1. The highest BCUT2D eigenvalue weighted by atomic mass is 16.2. The van der Waals surface area contributed by atoms with Crippen molar-refractivity contribution >= 4 is 17.5 Å². The van der Waals surface area contributed by atoms with Gasteiger partial charge in [0.05, 0.1) is 0 Å². The second-order valence-corrected chi connectivity index (χ2v) is 6.33. The van der Waals surface area contributed by atoms with Gasteiger partial charge < -0.3 is 5.32 Å². The average molecular weight is 320 g/mol. The number of hydrogen-bond donors (Lipinski definition) is 1. The third-order valence-electron chi connectivity index (χ3n) is 4.37. The largest absolute Gasteiger partial charge is 0.333 e. The van der Waals surface area contributed by atoms with E-state index in [2.05, 4.69) is 11.4 Å². The molecule has 1 aliphatic rings. The zero-order chi connectivity index (χ0) is 17.5. The van der Waals surface area contributed by atoms with Crippen molar-refractivity contribution in [2.45, 2.75) is 32.2 Å². The van der Waals surface area contributed by atoms with E-state index in [1.807, 2.05) is 19.9 Å². The van der Waals surface area contributed by atoms with E-state index in [4.69, 9.17) is 0 Å². The maximum atomic E-state index is 13.0. The van der Waals surface area contributed by atoms with Gasteiger partial charge in [-0.15, -0.1) is 0 Å². The molecule has 4 heteroatoms. The van der Waals surface area contributed by atoms with Crippen molar-refractivity contribution in [1.29, 1.82) is 0 Å². The van der Waals surface area contributed by atoms with Crippen molar-refractivity contribution < 1.29 is 14.4 Å². The molecule has 1 amide bonds. The molecule has 0 saturated heterocycles. The van der Waals surface area contributed by atoms with Crippen LogP contribution in [0.25, 0.3) is 0 Å². The standard InChI is InChI=1S/C20H18NO3/c1-12(2)14-8-10-15(11-9-14)20(21-13(3)22)18(23)16-6-4-5-7-17(16)19(20)24/h4-10,12H,1-3H3,(H,21,22). The molecule has 0 aromatic heterocycles. The molecule has 0 spiro atoms. The van der Waals surface area contributed by atoms with Crippen LogP contribution in [0.1, 0.15) is 58.5 Å². The molecule has 0 bridgehead atoms. The van der Waals surface area contributed by atoms with Gasteiger partial charge in [-0.2, -0.15) is 0 Å². The first-order valence-corrected chi connectivity index (χ1v) is 7.87. The van der Waals surface area contributed by atoms with Gasteiger partial charge in [-0.1, -0.05) is 56.3 Å². The van der Waals surface area contributed by atoms with Crippen molar-refractivity contribution in [3.63, 3.8) is 0 Å². The Hall–Kier alpha value is -2.75. The summed E-state index contributed by atoms with van der Waals surface area (Å²) in [6.07, 6.45) is 0. The third-order valence-corrected chi connectivity index (χ3v) is 4.37. The lowest BCUT2D eigenvalue weighted by atomic mass is 9.83. The molecule has 0 atom stereocenters. The fourth-order valence-corrected chi connectivity index (χ4v) is 3.11. The summed E-state index contributed by atoms with van der Waals surface area (Å²) in [6, 6.07) is 15.0. The minimum absolute atomic E-state index is 0.305. The summed E-state index contributed by atoms with van der Waals surface area (Å²) in [5.41, 5.74) is 0.362. The van der Waals surface area contributed by atoms with Gasteiger partial charge in [0, 0.05) is 23.6 Å². The number of rotatable bonds is 3. The van der Waals surface area contributed by atoms with Gasteiger partial charge in [-0.25, -0.2) is 0 Å². The minimum atomic E-state index is -1.72. The Morgan fingerprint density at radius 1 is 1.04 bits per heavy atom. The van der Waals surface area contributed by atoms with E-state index < -0.39 is 23.0 Å². The number of ketones is 2. The first-order valence-electron chi connectivity index (χ1n) is 7.87. The predicted molar refractivity (Wildman–Crippen MR) is 90.0 cm³/mol. The molecule has 0 aliphatic heterocycles. The van der Waals surface area contributed by atoms with Crippen molar-refractivity contribution in [2.75, 3.05) is 0 Å². The average Bonchev–Trinajstić information content (AvgIpc) is 2.78. The summed E-state index contributed by atoms with van der Waals surface area (Å²) in [5.74, 6) is -0.955. The van der Waals surface area contributed by atoms with E-state index in [0.717, 1.165) is 5.56 Å². The lowest BCUT2D eigenvalue weighted by Crippen LogP contribution is -2.53. The van der Waals surface area contributed by atoms with Gasteiger partial charge >= 0.3 is 0 Å². The number of hydrogen-bond acceptors (Lipinski definition) is 3. The molecule has 0 unspecified atom stereocenters. The second-order valence-electron chi connectivity index (χ2n) is 6.33. The Labute approximate surface area is 140 Å². The molecule has 0 saturated carbocycles. The maximum Gasteiger partial charge on any atom is 0.218 e. The van der Waals surface area contributed by atoms with E-state index in [0.29, 0.717) is 22.6 Å². The molecular weight excluding hydrogens is 302 g/mol. The highest BCUT2D eigenvalue weighted by molar-refractivity contribution is 6.33. The summed E-state index contributed by atoms with van der Waals surface area (Å²) < 4.78 is 0. The number of carbonyl (C=O) groups excluding carboxylic acids is 3. The number of Topliss-reactive ketones (excluding diaryl/α,β-unsaturated/α-hetero) is 2. The Morgan fingerprint density at radius 2 is 1.62 bits per heavy atom. The summed E-state index contributed by atoms with van der Waals surface area (Å²) in [5, 5.41) is 2.60. The molecule has 0 fully saturated rings. The molecule has 121 valence electrons. The highest BCUT2D eigenvalue weighted by Gasteiger charge is 2.55. The zero-order valence-corrected chi connectivity index (χ0v) is 13.8. The van der Waals surface area contributed by atoms with Gasteiger partial charge in [0.1, 0.15) is 0 Å². The van der Waals surface area contributed by atoms with Crippen molar-refractivity contribution in [3.8, 4) is 0 Å². The number of amides is 1. The van der Waals surface area contributed by atoms with Crippen LogP contribution in [-0.2, 0) is 10.3 Å². The van der Waals surface area contributed by atoms with Gasteiger partial charge in [0.25, 0.3) is 0 Å². The minimum Gasteiger partial charge on any atom is -0.333 e. The van der Waals surface area contributed by atoms with Crippen LogP contribution in [0.5, 0.6) is 0 Å². The molecule has 0 heterocycles. The normalized spacial score (nSPS) is 15.5. The van der Waals surface area contributed by atoms with Gasteiger partial charge in [-0.3, -0.25) is 14.4 Å². The van der Waals surface area contributed by atoms with Crippen LogP contribution >= 0.6 is 0 Å². The molecule has 24 heavy (non-hydrogen) atoms. The van der Waals surface area contributed by atoms with E-state index in [-0.39, 0.29) is 0 Å². The Morgan fingerprint density at radius 3 is 2.04 bits per heavy atom. The highest BCUT2D eigenvalue weighted by Crippen LogP contribution is 2.38. The van der Waals surface area contributed by atoms with Crippen LogP contribution in [0.15, 0.2) is 42.5 Å². The molecule has 2 aromatic carbocycles. The van der Waals surface area contributed by atoms with Gasteiger partial charge in [-0.05, 0) is 17.5 Å². The van der Waals surface area contributed by atoms with Crippen LogP contribution in [0.4, 0.5) is 0 Å². The quantitative estimate of drug-likeness (QED) is 0.884. The van der Waals surface area contributed by atoms with Crippen LogP contribution in [0, 0.1) is 6.07 Å². The summed E-state index contributed by atoms with van der Waals surface area (Å²) in [4.78, 5) is 37.8. The molecular formula is C20H18NO3. The Kier molecular flexibility index (Phi) is 3.84. The SMILES string of the molecule is CC(=O)NC1(c2[c]cc(C(C)C)cc2)C(=O)c2ccccc2C1=O. The van der Waals surface area contributed by atoms with Crippen LogP contribution in [0.3, 0.4) is 0 Å². The van der Waals surface area contributed by atoms with Crippen LogP contribution < -0.4 is 5.32 Å².